The van der Waals surface area contributed by atoms with Gasteiger partial charge in [0, 0.05) is 13.2 Å². The summed E-state index contributed by atoms with van der Waals surface area (Å²) in [6.07, 6.45) is 2.58. The Labute approximate surface area is 126 Å². The Morgan fingerprint density at radius 1 is 1.33 bits per heavy atom. The van der Waals surface area contributed by atoms with Crippen LogP contribution in [0.2, 0.25) is 0 Å². The van der Waals surface area contributed by atoms with Gasteiger partial charge in [0.25, 0.3) is 0 Å². The highest BCUT2D eigenvalue weighted by Gasteiger charge is 2.29. The summed E-state index contributed by atoms with van der Waals surface area (Å²) in [5.74, 6) is -0.0217. The van der Waals surface area contributed by atoms with Gasteiger partial charge in [-0.3, -0.25) is 4.79 Å². The maximum absolute atomic E-state index is 12.2. The van der Waals surface area contributed by atoms with Crippen molar-refractivity contribution >= 4 is 5.91 Å². The number of hydrogen-bond acceptors (Lipinski definition) is 3. The van der Waals surface area contributed by atoms with Crippen LogP contribution in [0.3, 0.4) is 0 Å². The van der Waals surface area contributed by atoms with E-state index in [9.17, 15) is 4.79 Å². The zero-order valence-electron chi connectivity index (χ0n) is 12.9. The van der Waals surface area contributed by atoms with Gasteiger partial charge in [0.1, 0.15) is 6.10 Å². The molecule has 116 valence electrons. The van der Waals surface area contributed by atoms with Crippen molar-refractivity contribution in [2.75, 3.05) is 13.2 Å². The van der Waals surface area contributed by atoms with E-state index in [0.717, 1.165) is 24.8 Å². The molecule has 1 N–H and O–H groups in total. The molecule has 4 nitrogen and oxygen atoms in total. The summed E-state index contributed by atoms with van der Waals surface area (Å²) in [5, 5.41) is 2.96. The smallest absolute Gasteiger partial charge is 0.249 e. The van der Waals surface area contributed by atoms with Crippen molar-refractivity contribution in [1.29, 1.82) is 0 Å². The van der Waals surface area contributed by atoms with Crippen LogP contribution in [0.1, 0.15) is 44.8 Å². The molecule has 3 atom stereocenters. The fourth-order valence-electron chi connectivity index (χ4n) is 2.65. The number of nitrogens with one attached hydrogen (secondary N) is 1. The van der Waals surface area contributed by atoms with E-state index < -0.39 is 0 Å². The molecule has 1 aromatic carbocycles. The molecule has 1 aliphatic heterocycles. The molecule has 0 aromatic heterocycles. The van der Waals surface area contributed by atoms with E-state index in [1.807, 2.05) is 37.3 Å². The van der Waals surface area contributed by atoms with Crippen molar-refractivity contribution in [2.45, 2.75) is 51.4 Å². The Morgan fingerprint density at radius 2 is 2.10 bits per heavy atom. The molecule has 0 radical (unpaired) electrons. The molecule has 0 bridgehead atoms. The number of carbonyl (C=O) groups excluding carboxylic acids is 1. The number of benzene rings is 1. The molecule has 1 aromatic rings. The molecule has 4 heteroatoms. The van der Waals surface area contributed by atoms with Gasteiger partial charge in [0.15, 0.2) is 0 Å². The third-order valence-corrected chi connectivity index (χ3v) is 3.86. The van der Waals surface area contributed by atoms with Crippen molar-refractivity contribution in [2.24, 2.45) is 0 Å². The van der Waals surface area contributed by atoms with E-state index in [-0.39, 0.29) is 24.2 Å². The van der Waals surface area contributed by atoms with Gasteiger partial charge in [-0.2, -0.15) is 0 Å². The first-order valence-corrected chi connectivity index (χ1v) is 7.84. The first kappa shape index (κ1) is 16.0. The van der Waals surface area contributed by atoms with Gasteiger partial charge in [-0.05, 0) is 31.7 Å². The zero-order chi connectivity index (χ0) is 15.1. The average Bonchev–Trinajstić information content (AvgIpc) is 3.01. The number of amides is 1. The Hall–Kier alpha value is -1.39. The summed E-state index contributed by atoms with van der Waals surface area (Å²) in [5.41, 5.74) is 1.08. The van der Waals surface area contributed by atoms with Crippen LogP contribution >= 0.6 is 0 Å². The molecule has 21 heavy (non-hydrogen) atoms. The van der Waals surface area contributed by atoms with Gasteiger partial charge in [-0.15, -0.1) is 0 Å². The molecule has 1 heterocycles. The van der Waals surface area contributed by atoms with Crippen LogP contribution in [0.25, 0.3) is 0 Å². The van der Waals surface area contributed by atoms with E-state index in [2.05, 4.69) is 12.2 Å². The predicted molar refractivity (Wildman–Crippen MR) is 82.0 cm³/mol. The Balaban J connectivity index is 1.86. The summed E-state index contributed by atoms with van der Waals surface area (Å²) in [4.78, 5) is 12.2. The SMILES string of the molecule is CCOC(CNC(=O)C1CCC(CC)O1)c1ccccc1. The second-order valence-electron chi connectivity index (χ2n) is 5.33. The molecule has 1 fully saturated rings. The lowest BCUT2D eigenvalue weighted by Crippen LogP contribution is -2.37. The molecule has 0 spiro atoms. The fraction of sp³-hybridized carbons (Fsp3) is 0.588. The zero-order valence-corrected chi connectivity index (χ0v) is 12.9. The maximum Gasteiger partial charge on any atom is 0.249 e. The van der Waals surface area contributed by atoms with Crippen LogP contribution in [0.15, 0.2) is 30.3 Å². The minimum atomic E-state index is -0.298. The van der Waals surface area contributed by atoms with Gasteiger partial charge in [0.05, 0.1) is 12.2 Å². The van der Waals surface area contributed by atoms with Crippen LogP contribution in [-0.4, -0.2) is 31.3 Å². The normalized spacial score (nSPS) is 23.0. The lowest BCUT2D eigenvalue weighted by atomic mass is 10.1. The number of hydrogen-bond donors (Lipinski definition) is 1. The standard InChI is InChI=1S/C17H25NO3/c1-3-14-10-11-15(21-14)17(19)18-12-16(20-4-2)13-8-6-5-7-9-13/h5-9,14-16H,3-4,10-12H2,1-2H3,(H,18,19). The minimum Gasteiger partial charge on any atom is -0.372 e. The van der Waals surface area contributed by atoms with Crippen LogP contribution in [0.4, 0.5) is 0 Å². The number of rotatable bonds is 7. The number of carbonyl (C=O) groups is 1. The predicted octanol–water partition coefficient (Wildman–Crippen LogP) is 2.84. The number of ether oxygens (including phenoxy) is 2. The van der Waals surface area contributed by atoms with Gasteiger partial charge in [0.2, 0.25) is 5.91 Å². The summed E-state index contributed by atoms with van der Waals surface area (Å²) in [6.45, 7) is 5.15. The molecule has 0 aliphatic carbocycles. The third-order valence-electron chi connectivity index (χ3n) is 3.86. The van der Waals surface area contributed by atoms with Crippen molar-refractivity contribution < 1.29 is 14.3 Å². The quantitative estimate of drug-likeness (QED) is 0.840. The van der Waals surface area contributed by atoms with E-state index >= 15 is 0 Å². The second-order valence-corrected chi connectivity index (χ2v) is 5.33. The van der Waals surface area contributed by atoms with Crippen molar-refractivity contribution in [3.05, 3.63) is 35.9 Å². The monoisotopic (exact) mass is 291 g/mol. The summed E-state index contributed by atoms with van der Waals surface area (Å²) >= 11 is 0. The van der Waals surface area contributed by atoms with Crippen LogP contribution in [0.5, 0.6) is 0 Å². The van der Waals surface area contributed by atoms with Crippen molar-refractivity contribution in [3.8, 4) is 0 Å². The Kier molecular flexibility index (Phi) is 6.21. The molecule has 1 amide bonds. The topological polar surface area (TPSA) is 47.6 Å². The van der Waals surface area contributed by atoms with Crippen LogP contribution in [-0.2, 0) is 14.3 Å². The van der Waals surface area contributed by atoms with Gasteiger partial charge >= 0.3 is 0 Å². The van der Waals surface area contributed by atoms with E-state index in [0.29, 0.717) is 13.2 Å². The van der Waals surface area contributed by atoms with Gasteiger partial charge < -0.3 is 14.8 Å². The van der Waals surface area contributed by atoms with Crippen molar-refractivity contribution in [1.82, 2.24) is 5.32 Å². The molecule has 1 saturated heterocycles. The lowest BCUT2D eigenvalue weighted by Gasteiger charge is -2.19. The van der Waals surface area contributed by atoms with E-state index in [1.54, 1.807) is 0 Å². The summed E-state index contributed by atoms with van der Waals surface area (Å²) < 4.78 is 11.4. The largest absolute Gasteiger partial charge is 0.372 e. The molecule has 1 aliphatic rings. The molecule has 3 unspecified atom stereocenters. The van der Waals surface area contributed by atoms with Crippen molar-refractivity contribution in [3.63, 3.8) is 0 Å². The molecule has 0 saturated carbocycles. The van der Waals surface area contributed by atoms with Crippen LogP contribution < -0.4 is 5.32 Å². The lowest BCUT2D eigenvalue weighted by molar-refractivity contribution is -0.132. The third kappa shape index (κ3) is 4.55. The average molecular weight is 291 g/mol. The Morgan fingerprint density at radius 3 is 2.71 bits per heavy atom. The molecular weight excluding hydrogens is 266 g/mol. The van der Waals surface area contributed by atoms with Crippen LogP contribution in [0, 0.1) is 0 Å². The second kappa shape index (κ2) is 8.15. The Bertz CT molecular complexity index is 435. The maximum atomic E-state index is 12.2. The molecular formula is C17H25NO3. The highest BCUT2D eigenvalue weighted by Crippen LogP contribution is 2.22. The van der Waals surface area contributed by atoms with Gasteiger partial charge in [-0.25, -0.2) is 0 Å². The highest BCUT2D eigenvalue weighted by molar-refractivity contribution is 5.81. The minimum absolute atomic E-state index is 0.0217. The first-order valence-electron chi connectivity index (χ1n) is 7.84. The van der Waals surface area contributed by atoms with E-state index in [4.69, 9.17) is 9.47 Å². The highest BCUT2D eigenvalue weighted by atomic mass is 16.5. The summed E-state index contributed by atoms with van der Waals surface area (Å²) in [6, 6.07) is 9.98. The fourth-order valence-corrected chi connectivity index (χ4v) is 2.65. The summed E-state index contributed by atoms with van der Waals surface area (Å²) in [7, 11) is 0. The first-order chi connectivity index (χ1) is 10.2. The van der Waals surface area contributed by atoms with E-state index in [1.165, 1.54) is 0 Å². The molecule has 2 rings (SSSR count). The van der Waals surface area contributed by atoms with Gasteiger partial charge in [-0.1, -0.05) is 37.3 Å².